The molecule has 132 valence electrons. The van der Waals surface area contributed by atoms with Gasteiger partial charge in [0.1, 0.15) is 0 Å². The summed E-state index contributed by atoms with van der Waals surface area (Å²) in [6, 6.07) is 8.60. The molecule has 0 spiro atoms. The first-order chi connectivity index (χ1) is 11.3. The van der Waals surface area contributed by atoms with E-state index in [-0.39, 0.29) is 24.4 Å². The molecule has 4 nitrogen and oxygen atoms in total. The standard InChI is InChI=1S/C19H30BNO3/c1-18(2)19(3,4)24-20(23-18)16-7-5-15(6-8-16)9-12-21-13-10-17(22)11-14-21/h5-8,17,22H,9-14H2,1-4H3. The number of rotatable bonds is 4. The van der Waals surface area contributed by atoms with Crippen molar-refractivity contribution < 1.29 is 14.4 Å². The normalized spacial score (nSPS) is 24.5. The minimum absolute atomic E-state index is 0.0968. The fourth-order valence-electron chi connectivity index (χ4n) is 3.25. The van der Waals surface area contributed by atoms with E-state index in [4.69, 9.17) is 9.31 Å². The third kappa shape index (κ3) is 3.85. The zero-order valence-electron chi connectivity index (χ0n) is 15.4. The molecule has 24 heavy (non-hydrogen) atoms. The molecule has 2 aliphatic heterocycles. The monoisotopic (exact) mass is 331 g/mol. The molecule has 1 aromatic carbocycles. The third-order valence-corrected chi connectivity index (χ3v) is 5.78. The highest BCUT2D eigenvalue weighted by atomic mass is 16.7. The smallest absolute Gasteiger partial charge is 0.399 e. The zero-order valence-corrected chi connectivity index (χ0v) is 15.4. The fraction of sp³-hybridized carbons (Fsp3) is 0.684. The second-order valence-electron chi connectivity index (χ2n) is 8.15. The van der Waals surface area contributed by atoms with Crippen molar-refractivity contribution in [2.75, 3.05) is 19.6 Å². The number of hydrogen-bond donors (Lipinski definition) is 1. The Labute approximate surface area is 146 Å². The predicted octanol–water partition coefficient (Wildman–Crippen LogP) is 1.98. The van der Waals surface area contributed by atoms with Gasteiger partial charge in [-0.1, -0.05) is 24.3 Å². The van der Waals surface area contributed by atoms with Crippen LogP contribution < -0.4 is 5.46 Å². The van der Waals surface area contributed by atoms with Crippen LogP contribution in [0.15, 0.2) is 24.3 Å². The lowest BCUT2D eigenvalue weighted by atomic mass is 9.79. The second-order valence-corrected chi connectivity index (χ2v) is 8.15. The van der Waals surface area contributed by atoms with E-state index in [0.29, 0.717) is 0 Å². The lowest BCUT2D eigenvalue weighted by molar-refractivity contribution is 0.00578. The number of nitrogens with zero attached hydrogens (tertiary/aromatic N) is 1. The van der Waals surface area contributed by atoms with Crippen LogP contribution in [0.5, 0.6) is 0 Å². The summed E-state index contributed by atoms with van der Waals surface area (Å²) in [5.41, 5.74) is 1.82. The summed E-state index contributed by atoms with van der Waals surface area (Å²) in [4.78, 5) is 2.44. The first kappa shape index (κ1) is 17.9. The van der Waals surface area contributed by atoms with Gasteiger partial charge in [0.05, 0.1) is 17.3 Å². The molecule has 1 aromatic rings. The lowest BCUT2D eigenvalue weighted by Gasteiger charge is -2.32. The number of likely N-dealkylation sites (tertiary alicyclic amines) is 1. The Hall–Kier alpha value is -0.875. The summed E-state index contributed by atoms with van der Waals surface area (Å²) in [5, 5.41) is 9.57. The van der Waals surface area contributed by atoms with Crippen molar-refractivity contribution in [1.82, 2.24) is 4.90 Å². The number of hydrogen-bond acceptors (Lipinski definition) is 4. The highest BCUT2D eigenvalue weighted by Gasteiger charge is 2.51. The summed E-state index contributed by atoms with van der Waals surface area (Å²) in [6.45, 7) is 11.4. The van der Waals surface area contributed by atoms with Crippen LogP contribution in [0.4, 0.5) is 0 Å². The van der Waals surface area contributed by atoms with Crippen LogP contribution in [0.25, 0.3) is 0 Å². The SMILES string of the molecule is CC1(C)OB(c2ccc(CCN3CCC(O)CC3)cc2)OC1(C)C. The van der Waals surface area contributed by atoms with Gasteiger partial charge in [-0.2, -0.15) is 0 Å². The maximum Gasteiger partial charge on any atom is 0.494 e. The third-order valence-electron chi connectivity index (χ3n) is 5.78. The minimum atomic E-state index is -0.296. The summed E-state index contributed by atoms with van der Waals surface area (Å²) in [5.74, 6) is 0. The molecule has 2 saturated heterocycles. The Morgan fingerprint density at radius 1 is 1.04 bits per heavy atom. The van der Waals surface area contributed by atoms with Crippen molar-refractivity contribution >= 4 is 12.6 Å². The summed E-state index contributed by atoms with van der Waals surface area (Å²) >= 11 is 0. The molecule has 2 aliphatic rings. The van der Waals surface area contributed by atoms with Crippen LogP contribution in [0, 0.1) is 0 Å². The molecule has 0 radical (unpaired) electrons. The average molecular weight is 331 g/mol. The molecule has 0 saturated carbocycles. The number of aliphatic hydroxyl groups is 1. The highest BCUT2D eigenvalue weighted by Crippen LogP contribution is 2.36. The van der Waals surface area contributed by atoms with Gasteiger partial charge in [0, 0.05) is 19.6 Å². The maximum atomic E-state index is 9.57. The summed E-state index contributed by atoms with van der Waals surface area (Å²) in [6.07, 6.45) is 2.75. The van der Waals surface area contributed by atoms with Gasteiger partial charge in [-0.05, 0) is 58.0 Å². The Kier molecular flexibility index (Phi) is 5.08. The van der Waals surface area contributed by atoms with Gasteiger partial charge in [0.15, 0.2) is 0 Å². The molecule has 0 atom stereocenters. The molecule has 0 bridgehead atoms. The van der Waals surface area contributed by atoms with Crippen LogP contribution in [0.1, 0.15) is 46.1 Å². The van der Waals surface area contributed by atoms with Crippen LogP contribution >= 0.6 is 0 Å². The van der Waals surface area contributed by atoms with Crippen LogP contribution in [0.2, 0.25) is 0 Å². The minimum Gasteiger partial charge on any atom is -0.399 e. The number of piperidine rings is 1. The van der Waals surface area contributed by atoms with Crippen molar-refractivity contribution in [3.8, 4) is 0 Å². The van der Waals surface area contributed by atoms with Crippen LogP contribution in [0.3, 0.4) is 0 Å². The van der Waals surface area contributed by atoms with Gasteiger partial charge in [-0.3, -0.25) is 0 Å². The van der Waals surface area contributed by atoms with E-state index >= 15 is 0 Å². The van der Waals surface area contributed by atoms with E-state index in [2.05, 4.69) is 56.9 Å². The van der Waals surface area contributed by atoms with E-state index in [1.807, 2.05) is 0 Å². The molecule has 2 heterocycles. The first-order valence-corrected chi connectivity index (χ1v) is 9.12. The fourth-order valence-corrected chi connectivity index (χ4v) is 3.25. The molecule has 5 heteroatoms. The summed E-state index contributed by atoms with van der Waals surface area (Å²) in [7, 11) is -0.285. The Morgan fingerprint density at radius 3 is 2.12 bits per heavy atom. The molecule has 0 aliphatic carbocycles. The van der Waals surface area contributed by atoms with Crippen molar-refractivity contribution in [3.63, 3.8) is 0 Å². The molecule has 3 rings (SSSR count). The van der Waals surface area contributed by atoms with Crippen molar-refractivity contribution in [2.45, 2.75) is 64.3 Å². The Balaban J connectivity index is 1.54. The van der Waals surface area contributed by atoms with E-state index in [1.165, 1.54) is 5.56 Å². The molecule has 0 unspecified atom stereocenters. The molecule has 2 fully saturated rings. The molecular formula is C19H30BNO3. The Morgan fingerprint density at radius 2 is 1.58 bits per heavy atom. The predicted molar refractivity (Wildman–Crippen MR) is 97.5 cm³/mol. The average Bonchev–Trinajstić information content (AvgIpc) is 2.75. The summed E-state index contributed by atoms with van der Waals surface area (Å²) < 4.78 is 12.2. The maximum absolute atomic E-state index is 9.57. The molecule has 0 amide bonds. The first-order valence-electron chi connectivity index (χ1n) is 9.12. The van der Waals surface area contributed by atoms with Crippen LogP contribution in [-0.2, 0) is 15.7 Å². The van der Waals surface area contributed by atoms with Crippen LogP contribution in [-0.4, -0.2) is 54.1 Å². The quantitative estimate of drug-likeness (QED) is 0.857. The lowest BCUT2D eigenvalue weighted by Crippen LogP contribution is -2.41. The van der Waals surface area contributed by atoms with E-state index in [1.54, 1.807) is 0 Å². The highest BCUT2D eigenvalue weighted by molar-refractivity contribution is 6.62. The zero-order chi connectivity index (χ0) is 17.4. The van der Waals surface area contributed by atoms with Crippen molar-refractivity contribution in [3.05, 3.63) is 29.8 Å². The molecular weight excluding hydrogens is 301 g/mol. The molecule has 0 aromatic heterocycles. The van der Waals surface area contributed by atoms with Gasteiger partial charge >= 0.3 is 7.12 Å². The second kappa shape index (κ2) is 6.79. The van der Waals surface area contributed by atoms with Gasteiger partial charge < -0.3 is 19.3 Å². The number of benzene rings is 1. The Bertz CT molecular complexity index is 534. The van der Waals surface area contributed by atoms with Gasteiger partial charge in [0.2, 0.25) is 0 Å². The van der Waals surface area contributed by atoms with Gasteiger partial charge in [0.25, 0.3) is 0 Å². The van der Waals surface area contributed by atoms with Gasteiger partial charge in [-0.25, -0.2) is 0 Å². The van der Waals surface area contributed by atoms with Crippen molar-refractivity contribution in [1.29, 1.82) is 0 Å². The topological polar surface area (TPSA) is 41.9 Å². The number of aliphatic hydroxyl groups excluding tert-OH is 1. The molecule has 1 N–H and O–H groups in total. The largest absolute Gasteiger partial charge is 0.494 e. The van der Waals surface area contributed by atoms with E-state index < -0.39 is 0 Å². The van der Waals surface area contributed by atoms with E-state index in [9.17, 15) is 5.11 Å². The van der Waals surface area contributed by atoms with E-state index in [0.717, 1.165) is 44.4 Å². The van der Waals surface area contributed by atoms with Gasteiger partial charge in [-0.15, -0.1) is 0 Å². The van der Waals surface area contributed by atoms with Crippen molar-refractivity contribution in [2.24, 2.45) is 0 Å².